The Morgan fingerprint density at radius 1 is 1.00 bits per heavy atom. The first-order valence-corrected chi connectivity index (χ1v) is 8.57. The van der Waals surface area contributed by atoms with Crippen LogP contribution in [0.4, 0.5) is 0 Å². The Morgan fingerprint density at radius 3 is 1.86 bits per heavy atom. The van der Waals surface area contributed by atoms with Crippen molar-refractivity contribution < 1.29 is 18.9 Å². The molecule has 1 aliphatic heterocycles. The highest BCUT2D eigenvalue weighted by Gasteiger charge is 2.40. The minimum atomic E-state index is -0.881. The van der Waals surface area contributed by atoms with Gasteiger partial charge in [-0.25, -0.2) is 0 Å². The van der Waals surface area contributed by atoms with Gasteiger partial charge in [0.2, 0.25) is 0 Å². The molecule has 0 radical (unpaired) electrons. The van der Waals surface area contributed by atoms with Crippen molar-refractivity contribution in [2.24, 2.45) is 11.3 Å². The summed E-state index contributed by atoms with van der Waals surface area (Å²) in [5.74, 6) is -0.666. The smallest absolute Gasteiger partial charge is 0.285 e. The third-order valence-corrected chi connectivity index (χ3v) is 4.55. The highest BCUT2D eigenvalue weighted by molar-refractivity contribution is 4.84. The SMILES string of the molecule is CCOC(OCC)(OCC)C(C)CCCC1(CC)COC1. The lowest BCUT2D eigenvalue weighted by Gasteiger charge is -2.42. The third-order valence-electron chi connectivity index (χ3n) is 4.55. The van der Waals surface area contributed by atoms with Gasteiger partial charge in [-0.1, -0.05) is 20.3 Å². The molecular formula is C17H34O4. The highest BCUT2D eigenvalue weighted by atomic mass is 16.9. The minimum absolute atomic E-state index is 0.215. The topological polar surface area (TPSA) is 36.9 Å². The maximum Gasteiger partial charge on any atom is 0.285 e. The van der Waals surface area contributed by atoms with E-state index in [0.29, 0.717) is 25.2 Å². The van der Waals surface area contributed by atoms with Crippen molar-refractivity contribution in [3.8, 4) is 0 Å². The molecule has 0 aliphatic carbocycles. The first-order chi connectivity index (χ1) is 10.1. The second kappa shape index (κ2) is 9.09. The molecule has 0 aromatic rings. The predicted octanol–water partition coefficient (Wildman–Crippen LogP) is 3.98. The third kappa shape index (κ3) is 4.92. The summed E-state index contributed by atoms with van der Waals surface area (Å²) in [4.78, 5) is 0. The van der Waals surface area contributed by atoms with E-state index in [1.165, 1.54) is 12.8 Å². The van der Waals surface area contributed by atoms with Crippen LogP contribution in [0.5, 0.6) is 0 Å². The van der Waals surface area contributed by atoms with Gasteiger partial charge in [-0.3, -0.25) is 0 Å². The summed E-state index contributed by atoms with van der Waals surface area (Å²) in [5.41, 5.74) is 0.422. The van der Waals surface area contributed by atoms with Gasteiger partial charge >= 0.3 is 0 Å². The van der Waals surface area contributed by atoms with Gasteiger partial charge in [-0.15, -0.1) is 0 Å². The molecule has 0 bridgehead atoms. The molecule has 1 rings (SSSR count). The number of rotatable bonds is 12. The van der Waals surface area contributed by atoms with Crippen molar-refractivity contribution in [3.05, 3.63) is 0 Å². The lowest BCUT2D eigenvalue weighted by atomic mass is 9.78. The predicted molar refractivity (Wildman–Crippen MR) is 84.2 cm³/mol. The summed E-state index contributed by atoms with van der Waals surface area (Å²) >= 11 is 0. The zero-order chi connectivity index (χ0) is 15.8. The fraction of sp³-hybridized carbons (Fsp3) is 1.00. The summed E-state index contributed by atoms with van der Waals surface area (Å²) in [7, 11) is 0. The van der Waals surface area contributed by atoms with Gasteiger partial charge < -0.3 is 18.9 Å². The van der Waals surface area contributed by atoms with Crippen molar-refractivity contribution in [2.45, 2.75) is 66.3 Å². The van der Waals surface area contributed by atoms with E-state index >= 15 is 0 Å². The summed E-state index contributed by atoms with van der Waals surface area (Å²) in [6.07, 6.45) is 4.62. The zero-order valence-electron chi connectivity index (χ0n) is 14.6. The summed E-state index contributed by atoms with van der Waals surface area (Å²) in [6, 6.07) is 0. The van der Waals surface area contributed by atoms with Crippen molar-refractivity contribution in [2.75, 3.05) is 33.0 Å². The maximum absolute atomic E-state index is 5.85. The molecule has 0 spiro atoms. The highest BCUT2D eigenvalue weighted by Crippen LogP contribution is 2.38. The molecule has 126 valence electrons. The van der Waals surface area contributed by atoms with E-state index in [4.69, 9.17) is 18.9 Å². The van der Waals surface area contributed by atoms with Gasteiger partial charge in [0.25, 0.3) is 5.97 Å². The fourth-order valence-electron chi connectivity index (χ4n) is 3.03. The van der Waals surface area contributed by atoms with Gasteiger partial charge in [0.1, 0.15) is 0 Å². The lowest BCUT2D eigenvalue weighted by Crippen LogP contribution is -2.46. The molecule has 1 aliphatic rings. The molecule has 4 heteroatoms. The first-order valence-electron chi connectivity index (χ1n) is 8.57. The molecule has 0 saturated carbocycles. The van der Waals surface area contributed by atoms with E-state index in [1.807, 2.05) is 20.8 Å². The maximum atomic E-state index is 5.85. The van der Waals surface area contributed by atoms with Crippen molar-refractivity contribution in [1.29, 1.82) is 0 Å². The quantitative estimate of drug-likeness (QED) is 0.511. The van der Waals surface area contributed by atoms with Crippen LogP contribution in [0, 0.1) is 11.3 Å². The fourth-order valence-corrected chi connectivity index (χ4v) is 3.03. The molecule has 0 N–H and O–H groups in total. The van der Waals surface area contributed by atoms with E-state index in [1.54, 1.807) is 0 Å². The number of hydrogen-bond acceptors (Lipinski definition) is 4. The van der Waals surface area contributed by atoms with Crippen molar-refractivity contribution in [1.82, 2.24) is 0 Å². The molecule has 1 unspecified atom stereocenters. The van der Waals surface area contributed by atoms with E-state index < -0.39 is 5.97 Å². The van der Waals surface area contributed by atoms with Crippen LogP contribution in [0.2, 0.25) is 0 Å². The van der Waals surface area contributed by atoms with Crippen LogP contribution in [-0.4, -0.2) is 39.0 Å². The zero-order valence-corrected chi connectivity index (χ0v) is 14.6. The Bertz CT molecular complexity index is 253. The van der Waals surface area contributed by atoms with E-state index in [-0.39, 0.29) is 5.92 Å². The normalized spacial score (nSPS) is 19.3. The Hall–Kier alpha value is -0.160. The Morgan fingerprint density at radius 2 is 1.52 bits per heavy atom. The van der Waals surface area contributed by atoms with Crippen molar-refractivity contribution in [3.63, 3.8) is 0 Å². The molecule has 1 fully saturated rings. The van der Waals surface area contributed by atoms with Crippen LogP contribution in [0.1, 0.15) is 60.3 Å². The Labute approximate surface area is 130 Å². The first kappa shape index (κ1) is 18.9. The van der Waals surface area contributed by atoms with E-state index in [9.17, 15) is 0 Å². The molecule has 0 aromatic heterocycles. The van der Waals surface area contributed by atoms with Gasteiger partial charge in [0.05, 0.1) is 13.2 Å². The molecule has 1 saturated heterocycles. The van der Waals surface area contributed by atoms with Crippen LogP contribution in [0.3, 0.4) is 0 Å². The molecule has 4 nitrogen and oxygen atoms in total. The van der Waals surface area contributed by atoms with Crippen LogP contribution in [-0.2, 0) is 18.9 Å². The van der Waals surface area contributed by atoms with E-state index in [2.05, 4.69) is 13.8 Å². The molecular weight excluding hydrogens is 268 g/mol. The monoisotopic (exact) mass is 302 g/mol. The van der Waals surface area contributed by atoms with Crippen LogP contribution < -0.4 is 0 Å². The Kier molecular flexibility index (Phi) is 8.17. The molecule has 1 heterocycles. The largest absolute Gasteiger partial charge is 0.380 e. The average molecular weight is 302 g/mol. The van der Waals surface area contributed by atoms with Gasteiger partial charge in [-0.05, 0) is 40.0 Å². The van der Waals surface area contributed by atoms with Gasteiger partial charge in [0, 0.05) is 31.2 Å². The number of hydrogen-bond donors (Lipinski definition) is 0. The van der Waals surface area contributed by atoms with Crippen LogP contribution in [0.15, 0.2) is 0 Å². The minimum Gasteiger partial charge on any atom is -0.380 e. The second-order valence-electron chi connectivity index (χ2n) is 6.04. The molecule has 0 aromatic carbocycles. The summed E-state index contributed by atoms with van der Waals surface area (Å²) < 4.78 is 23.0. The average Bonchev–Trinajstić information content (AvgIpc) is 2.42. The van der Waals surface area contributed by atoms with Gasteiger partial charge in [0.15, 0.2) is 0 Å². The standard InChI is InChI=1S/C17H34O4/c1-6-16(13-18-14-16)12-10-11-15(5)17(19-7-2,20-8-3)21-9-4/h15H,6-14H2,1-5H3. The molecule has 21 heavy (non-hydrogen) atoms. The van der Waals surface area contributed by atoms with E-state index in [0.717, 1.165) is 26.1 Å². The van der Waals surface area contributed by atoms with Crippen molar-refractivity contribution >= 4 is 0 Å². The van der Waals surface area contributed by atoms with Crippen LogP contribution in [0.25, 0.3) is 0 Å². The second-order valence-corrected chi connectivity index (χ2v) is 6.04. The lowest BCUT2D eigenvalue weighted by molar-refractivity contribution is -0.400. The van der Waals surface area contributed by atoms with Gasteiger partial charge in [-0.2, -0.15) is 0 Å². The molecule has 1 atom stereocenters. The Balaban J connectivity index is 2.52. The summed E-state index contributed by atoms with van der Waals surface area (Å²) in [6.45, 7) is 14.0. The molecule has 0 amide bonds. The van der Waals surface area contributed by atoms with Crippen LogP contribution >= 0.6 is 0 Å². The summed E-state index contributed by atoms with van der Waals surface area (Å²) in [5, 5.41) is 0. The number of ether oxygens (including phenoxy) is 4.